The molecule has 4 atom stereocenters. The van der Waals surface area contributed by atoms with Gasteiger partial charge in [0.05, 0.1) is 0 Å². The van der Waals surface area contributed by atoms with Crippen LogP contribution in [0.2, 0.25) is 0 Å². The first-order valence-electron chi connectivity index (χ1n) is 20.6. The zero-order valence-corrected chi connectivity index (χ0v) is 35.8. The van der Waals surface area contributed by atoms with Gasteiger partial charge in [0.25, 0.3) is 0 Å². The van der Waals surface area contributed by atoms with E-state index >= 15 is 0 Å². The summed E-state index contributed by atoms with van der Waals surface area (Å²) >= 11 is 0. The highest BCUT2D eigenvalue weighted by Crippen LogP contribution is 2.29. The number of carbonyl (C=O) groups is 6. The van der Waals surface area contributed by atoms with Gasteiger partial charge in [-0.05, 0) is 84.0 Å². The first kappa shape index (κ1) is 44.4. The molecule has 5 rings (SSSR count). The summed E-state index contributed by atoms with van der Waals surface area (Å²) in [4.78, 5) is 83.4. The number of rotatable bonds is 13. The minimum absolute atomic E-state index is 0.250. The number of para-hydroxylation sites is 1. The monoisotopic (exact) mass is 807 g/mol. The number of nitrogens with one attached hydrogen (secondary N) is 4. The molecule has 6 amide bonds. The normalized spacial score (nSPS) is 17.8. The number of nitrogens with zero attached hydrogens (tertiary/aromatic N) is 3. The second-order valence-corrected chi connectivity index (χ2v) is 17.9. The van der Waals surface area contributed by atoms with E-state index in [1.807, 2.05) is 108 Å². The molecule has 0 bridgehead atoms. The van der Waals surface area contributed by atoms with Crippen molar-refractivity contribution >= 4 is 52.5 Å². The quantitative estimate of drug-likeness (QED) is 0.169. The Bertz CT molecular complexity index is 1850. The summed E-state index contributed by atoms with van der Waals surface area (Å²) in [5.41, 5.74) is 3.30. The molecule has 2 saturated heterocycles. The van der Waals surface area contributed by atoms with Gasteiger partial charge in [-0.1, -0.05) is 84.0 Å². The van der Waals surface area contributed by atoms with Crippen molar-refractivity contribution < 1.29 is 28.8 Å². The molecule has 0 aromatic heterocycles. The Morgan fingerprint density at radius 2 is 0.966 bits per heavy atom. The number of amides is 6. The number of likely N-dealkylation sites (tertiary alicyclic amines) is 2. The molecule has 2 heterocycles. The van der Waals surface area contributed by atoms with Crippen molar-refractivity contribution in [1.29, 1.82) is 0 Å². The maximum Gasteiger partial charge on any atom is 0.247 e. The van der Waals surface area contributed by atoms with Crippen LogP contribution in [0, 0.1) is 10.8 Å². The van der Waals surface area contributed by atoms with E-state index in [1.54, 1.807) is 9.80 Å². The lowest BCUT2D eigenvalue weighted by atomic mass is 9.85. The predicted molar refractivity (Wildman–Crippen MR) is 230 cm³/mol. The Morgan fingerprint density at radius 3 is 1.31 bits per heavy atom. The van der Waals surface area contributed by atoms with Crippen molar-refractivity contribution in [3.8, 4) is 0 Å². The van der Waals surface area contributed by atoms with Gasteiger partial charge < -0.3 is 36.0 Å². The second kappa shape index (κ2) is 18.9. The molecule has 0 spiro atoms. The lowest BCUT2D eigenvalue weighted by Gasteiger charge is -2.35. The second-order valence-electron chi connectivity index (χ2n) is 17.9. The summed E-state index contributed by atoms with van der Waals surface area (Å²) in [7, 11) is 0. The average Bonchev–Trinajstić information content (AvgIpc) is 3.88. The number of carbonyl (C=O) groups excluding carboxylic acids is 6. The van der Waals surface area contributed by atoms with Gasteiger partial charge in [-0.25, -0.2) is 0 Å². The summed E-state index contributed by atoms with van der Waals surface area (Å²) < 4.78 is 0. The van der Waals surface area contributed by atoms with Gasteiger partial charge in [-0.3, -0.25) is 28.8 Å². The van der Waals surface area contributed by atoms with Gasteiger partial charge in [0.15, 0.2) is 0 Å². The molecule has 2 fully saturated rings. The van der Waals surface area contributed by atoms with Crippen LogP contribution in [-0.2, 0) is 41.9 Å². The maximum absolute atomic E-state index is 13.6. The number of hydrogen-bond donors (Lipinski definition) is 4. The fourth-order valence-electron chi connectivity index (χ4n) is 7.80. The van der Waals surface area contributed by atoms with Crippen LogP contribution in [0.4, 0.5) is 17.1 Å². The molecule has 59 heavy (non-hydrogen) atoms. The van der Waals surface area contributed by atoms with E-state index in [1.165, 1.54) is 13.8 Å². The molecule has 0 aliphatic carbocycles. The van der Waals surface area contributed by atoms with Crippen molar-refractivity contribution in [3.05, 3.63) is 90.0 Å². The molecular weight excluding hydrogens is 747 g/mol. The van der Waals surface area contributed by atoms with E-state index in [0.717, 1.165) is 16.8 Å². The Labute approximate surface area is 348 Å². The molecule has 13 nitrogen and oxygen atoms in total. The maximum atomic E-state index is 13.6. The molecular formula is C46H61N7O6. The smallest absolute Gasteiger partial charge is 0.247 e. The summed E-state index contributed by atoms with van der Waals surface area (Å²) in [5.74, 6) is -1.59. The van der Waals surface area contributed by atoms with Crippen LogP contribution in [0.15, 0.2) is 78.9 Å². The van der Waals surface area contributed by atoms with Gasteiger partial charge in [0.2, 0.25) is 35.4 Å². The fourth-order valence-corrected chi connectivity index (χ4v) is 7.80. The minimum Gasteiger partial charge on any atom is -0.363 e. The molecule has 0 radical (unpaired) electrons. The van der Waals surface area contributed by atoms with E-state index in [2.05, 4.69) is 38.3 Å². The van der Waals surface area contributed by atoms with Gasteiger partial charge in [0, 0.05) is 57.1 Å². The Hall–Kier alpha value is -5.72. The van der Waals surface area contributed by atoms with Gasteiger partial charge in [-0.2, -0.15) is 0 Å². The third kappa shape index (κ3) is 11.7. The minimum atomic E-state index is -0.740. The van der Waals surface area contributed by atoms with Crippen LogP contribution in [0.1, 0.15) is 92.2 Å². The highest BCUT2D eigenvalue weighted by molar-refractivity contribution is 6.00. The molecule has 13 heteroatoms. The lowest BCUT2D eigenvalue weighted by molar-refractivity contribution is -0.142. The highest BCUT2D eigenvalue weighted by atomic mass is 16.2. The lowest BCUT2D eigenvalue weighted by Crippen LogP contribution is -2.56. The van der Waals surface area contributed by atoms with Crippen molar-refractivity contribution in [2.24, 2.45) is 10.8 Å². The van der Waals surface area contributed by atoms with Crippen LogP contribution in [-0.4, -0.2) is 82.5 Å². The largest absolute Gasteiger partial charge is 0.363 e. The zero-order chi connectivity index (χ0) is 43.1. The van der Waals surface area contributed by atoms with Crippen molar-refractivity contribution in [2.75, 3.05) is 28.6 Å². The van der Waals surface area contributed by atoms with E-state index in [-0.39, 0.29) is 35.4 Å². The first-order chi connectivity index (χ1) is 27.8. The van der Waals surface area contributed by atoms with Crippen molar-refractivity contribution in [3.63, 3.8) is 0 Å². The summed E-state index contributed by atoms with van der Waals surface area (Å²) in [5, 5.41) is 11.6. The summed E-state index contributed by atoms with van der Waals surface area (Å²) in [6.07, 6.45) is 2.50. The molecule has 2 aliphatic rings. The van der Waals surface area contributed by atoms with Crippen molar-refractivity contribution in [1.82, 2.24) is 20.4 Å². The fraction of sp³-hybridized carbons (Fsp3) is 0.478. The highest BCUT2D eigenvalue weighted by Gasteiger charge is 2.43. The van der Waals surface area contributed by atoms with Crippen LogP contribution in [0.3, 0.4) is 0 Å². The Morgan fingerprint density at radius 1 is 0.593 bits per heavy atom. The van der Waals surface area contributed by atoms with E-state index in [4.69, 9.17) is 0 Å². The third-order valence-electron chi connectivity index (χ3n) is 10.9. The molecule has 0 saturated carbocycles. The molecule has 2 unspecified atom stereocenters. The summed E-state index contributed by atoms with van der Waals surface area (Å²) in [6.45, 7) is 16.2. The molecule has 4 N–H and O–H groups in total. The first-order valence-corrected chi connectivity index (χ1v) is 20.6. The third-order valence-corrected chi connectivity index (χ3v) is 10.9. The molecule has 3 aromatic carbocycles. The van der Waals surface area contributed by atoms with Crippen LogP contribution in [0.25, 0.3) is 0 Å². The van der Waals surface area contributed by atoms with Gasteiger partial charge >= 0.3 is 0 Å². The zero-order valence-electron chi connectivity index (χ0n) is 35.8. The number of hydrogen-bond acceptors (Lipinski definition) is 7. The van der Waals surface area contributed by atoms with Crippen LogP contribution in [0.5, 0.6) is 0 Å². The Balaban J connectivity index is 1.22. The summed E-state index contributed by atoms with van der Waals surface area (Å²) in [6, 6.07) is 22.7. The van der Waals surface area contributed by atoms with Crippen molar-refractivity contribution in [2.45, 2.75) is 118 Å². The topological polar surface area (TPSA) is 160 Å². The average molecular weight is 808 g/mol. The van der Waals surface area contributed by atoms with Gasteiger partial charge in [0.1, 0.15) is 24.2 Å². The number of benzene rings is 3. The number of anilines is 3. The van der Waals surface area contributed by atoms with Gasteiger partial charge in [-0.15, -0.1) is 0 Å². The molecule has 3 aromatic rings. The SMILES string of the molecule is CC(=O)N[C@H](C(=O)N1CCCC1C(=O)Nc1ccc(CN(Cc2ccc(NC(=O)C3CCCN3C(=O)[C@@H](NC(C)=O)C(C)(C)C)cc2)c2ccccc2)cc1)C(C)(C)C. The van der Waals surface area contributed by atoms with E-state index < -0.39 is 35.0 Å². The predicted octanol–water partition coefficient (Wildman–Crippen LogP) is 5.85. The Kier molecular flexibility index (Phi) is 14.2. The van der Waals surface area contributed by atoms with Crippen LogP contribution >= 0.6 is 0 Å². The van der Waals surface area contributed by atoms with Crippen LogP contribution < -0.4 is 26.2 Å². The molecule has 316 valence electrons. The van der Waals surface area contributed by atoms with E-state index in [0.29, 0.717) is 63.2 Å². The van der Waals surface area contributed by atoms with E-state index in [9.17, 15) is 28.8 Å². The molecule has 2 aliphatic heterocycles. The standard InChI is InChI=1S/C46H61N7O6/c1-30(54)47-39(45(3,4)5)43(58)52-26-12-16-37(52)41(56)49-34-22-18-32(19-23-34)28-51(36-14-10-9-11-15-36)29-33-20-24-35(25-21-33)50-42(57)38-17-13-27-53(38)44(59)40(46(6,7)8)48-31(2)55/h9-11,14-15,18-25,37-40H,12-13,16-17,26-29H2,1-8H3,(H,47,54)(H,48,55)(H,49,56)(H,50,57)/t37?,38?,39-,40-/m1/s1.